The molecular weight excluding hydrogens is 426 g/mol. The maximum absolute atomic E-state index is 13.0. The second-order valence-corrected chi connectivity index (χ2v) is 9.00. The molecule has 2 amide bonds. The van der Waals surface area contributed by atoms with Crippen LogP contribution in [0.15, 0.2) is 78.9 Å². The number of hydrogen-bond donors (Lipinski definition) is 4. The van der Waals surface area contributed by atoms with E-state index in [1.807, 2.05) is 78.9 Å². The van der Waals surface area contributed by atoms with E-state index in [1.54, 1.807) is 13.8 Å². The van der Waals surface area contributed by atoms with Gasteiger partial charge in [-0.25, -0.2) is 0 Å². The molecule has 34 heavy (non-hydrogen) atoms. The van der Waals surface area contributed by atoms with E-state index in [0.29, 0.717) is 19.4 Å². The van der Waals surface area contributed by atoms with Crippen molar-refractivity contribution >= 4 is 11.8 Å². The predicted molar refractivity (Wildman–Crippen MR) is 135 cm³/mol. The van der Waals surface area contributed by atoms with E-state index in [4.69, 9.17) is 5.73 Å². The van der Waals surface area contributed by atoms with Crippen molar-refractivity contribution in [2.24, 2.45) is 5.73 Å². The Morgan fingerprint density at radius 2 is 1.56 bits per heavy atom. The van der Waals surface area contributed by atoms with E-state index in [2.05, 4.69) is 10.6 Å². The van der Waals surface area contributed by atoms with Crippen LogP contribution >= 0.6 is 0 Å². The number of carbonyl (C=O) groups is 2. The number of aliphatic hydroxyl groups excluding tert-OH is 1. The Bertz CT molecular complexity index is 1090. The third-order valence-electron chi connectivity index (χ3n) is 5.69. The summed E-state index contributed by atoms with van der Waals surface area (Å²) >= 11 is 0. The Morgan fingerprint density at radius 3 is 2.21 bits per heavy atom. The Hall–Kier alpha value is -3.48. The van der Waals surface area contributed by atoms with E-state index >= 15 is 0 Å². The molecular formula is C28H33N3O3. The van der Waals surface area contributed by atoms with Gasteiger partial charge in [-0.15, -0.1) is 0 Å². The molecule has 1 atom stereocenters. The zero-order valence-electron chi connectivity index (χ0n) is 19.8. The molecule has 178 valence electrons. The van der Waals surface area contributed by atoms with Gasteiger partial charge in [-0.2, -0.15) is 0 Å². The standard InChI is InChI=1S/C28H33N3O3/c1-28(2,29)27(34)31-25(17-14-20-8-4-3-5-9-20)26(33)30-18-21-12-15-22(16-13-21)24-11-7-6-10-23(24)19-32/h3-13,15-16,25,32H,14,17-19,29H2,1-2H3,(H,30,33)(H,31,34)/t25-/m1/s1. The SMILES string of the molecule is CC(C)(N)C(=O)N[C@H](CCc1ccccc1)C(=O)NCc1ccc(-c2ccccc2CO)cc1. The first-order valence-electron chi connectivity index (χ1n) is 11.5. The highest BCUT2D eigenvalue weighted by atomic mass is 16.3. The number of aryl methyl sites for hydroxylation is 1. The van der Waals surface area contributed by atoms with E-state index < -0.39 is 11.6 Å². The van der Waals surface area contributed by atoms with Crippen molar-refractivity contribution in [2.75, 3.05) is 0 Å². The number of hydrogen-bond acceptors (Lipinski definition) is 4. The van der Waals surface area contributed by atoms with Crippen LogP contribution in [0.5, 0.6) is 0 Å². The van der Waals surface area contributed by atoms with Crippen molar-refractivity contribution in [3.05, 3.63) is 95.6 Å². The molecule has 3 aromatic carbocycles. The van der Waals surface area contributed by atoms with Gasteiger partial charge in [0.05, 0.1) is 12.1 Å². The summed E-state index contributed by atoms with van der Waals surface area (Å²) in [7, 11) is 0. The third kappa shape index (κ3) is 7.01. The number of nitrogens with two attached hydrogens (primary N) is 1. The van der Waals surface area contributed by atoms with Crippen LogP contribution in [0, 0.1) is 0 Å². The molecule has 0 saturated heterocycles. The number of carbonyl (C=O) groups excluding carboxylic acids is 2. The van der Waals surface area contributed by atoms with Crippen LogP contribution in [0.4, 0.5) is 0 Å². The first-order valence-corrected chi connectivity index (χ1v) is 11.5. The molecule has 6 nitrogen and oxygen atoms in total. The van der Waals surface area contributed by atoms with Crippen molar-refractivity contribution < 1.29 is 14.7 Å². The van der Waals surface area contributed by atoms with Gasteiger partial charge in [0.1, 0.15) is 6.04 Å². The molecule has 0 heterocycles. The summed E-state index contributed by atoms with van der Waals surface area (Å²) in [5.41, 5.74) is 9.72. The number of amides is 2. The molecule has 0 bridgehead atoms. The molecule has 0 aromatic heterocycles. The monoisotopic (exact) mass is 459 g/mol. The van der Waals surface area contributed by atoms with E-state index in [9.17, 15) is 14.7 Å². The Kier molecular flexibility index (Phi) is 8.57. The molecule has 6 heteroatoms. The van der Waals surface area contributed by atoms with E-state index in [0.717, 1.165) is 27.8 Å². The molecule has 0 aliphatic rings. The first kappa shape index (κ1) is 25.1. The van der Waals surface area contributed by atoms with Gasteiger partial charge in [-0.1, -0.05) is 78.9 Å². The Morgan fingerprint density at radius 1 is 0.912 bits per heavy atom. The Balaban J connectivity index is 1.65. The van der Waals surface area contributed by atoms with Crippen LogP contribution in [0.2, 0.25) is 0 Å². The summed E-state index contributed by atoms with van der Waals surface area (Å²) in [5.74, 6) is -0.615. The van der Waals surface area contributed by atoms with Crippen molar-refractivity contribution in [3.63, 3.8) is 0 Å². The highest BCUT2D eigenvalue weighted by molar-refractivity contribution is 5.91. The highest BCUT2D eigenvalue weighted by Crippen LogP contribution is 2.24. The molecule has 0 spiro atoms. The minimum atomic E-state index is -1.08. The fraction of sp³-hybridized carbons (Fsp3) is 0.286. The highest BCUT2D eigenvalue weighted by Gasteiger charge is 2.27. The molecule has 3 rings (SSSR count). The molecule has 0 radical (unpaired) electrons. The van der Waals surface area contributed by atoms with Crippen molar-refractivity contribution in [3.8, 4) is 11.1 Å². The second kappa shape index (κ2) is 11.6. The maximum Gasteiger partial charge on any atom is 0.242 e. The van der Waals surface area contributed by atoms with Gasteiger partial charge in [0.25, 0.3) is 0 Å². The second-order valence-electron chi connectivity index (χ2n) is 9.00. The van der Waals surface area contributed by atoms with Crippen LogP contribution in [0.25, 0.3) is 11.1 Å². The maximum atomic E-state index is 13.0. The summed E-state index contributed by atoms with van der Waals surface area (Å²) in [5, 5.41) is 15.3. The van der Waals surface area contributed by atoms with Crippen LogP contribution in [-0.2, 0) is 29.2 Å². The van der Waals surface area contributed by atoms with Crippen LogP contribution in [-0.4, -0.2) is 28.5 Å². The van der Waals surface area contributed by atoms with Gasteiger partial charge < -0.3 is 21.5 Å². The van der Waals surface area contributed by atoms with E-state index in [-0.39, 0.29) is 18.4 Å². The lowest BCUT2D eigenvalue weighted by Gasteiger charge is -2.24. The zero-order chi connectivity index (χ0) is 24.6. The summed E-state index contributed by atoms with van der Waals surface area (Å²) in [6.07, 6.45) is 1.12. The topological polar surface area (TPSA) is 104 Å². The van der Waals surface area contributed by atoms with Crippen LogP contribution in [0.3, 0.4) is 0 Å². The average Bonchev–Trinajstić information content (AvgIpc) is 2.85. The molecule has 3 aromatic rings. The summed E-state index contributed by atoms with van der Waals surface area (Å²) in [6, 6.07) is 24.7. The van der Waals surface area contributed by atoms with Gasteiger partial charge in [0, 0.05) is 6.54 Å². The minimum absolute atomic E-state index is 0.0241. The lowest BCUT2D eigenvalue weighted by molar-refractivity contribution is -0.131. The van der Waals surface area contributed by atoms with Gasteiger partial charge in [-0.3, -0.25) is 9.59 Å². The normalized spacial score (nSPS) is 12.1. The van der Waals surface area contributed by atoms with Gasteiger partial charge >= 0.3 is 0 Å². The number of rotatable bonds is 10. The largest absolute Gasteiger partial charge is 0.392 e. The third-order valence-corrected chi connectivity index (χ3v) is 5.69. The molecule has 0 fully saturated rings. The summed E-state index contributed by atoms with van der Waals surface area (Å²) < 4.78 is 0. The van der Waals surface area contributed by atoms with Crippen LogP contribution in [0.1, 0.15) is 37.0 Å². The minimum Gasteiger partial charge on any atom is -0.392 e. The lowest BCUT2D eigenvalue weighted by Crippen LogP contribution is -2.55. The molecule has 0 unspecified atom stereocenters. The predicted octanol–water partition coefficient (Wildman–Crippen LogP) is 3.32. The molecule has 0 aliphatic carbocycles. The number of aliphatic hydroxyl groups is 1. The lowest BCUT2D eigenvalue weighted by atomic mass is 9.99. The zero-order valence-corrected chi connectivity index (χ0v) is 19.8. The Labute approximate surface area is 201 Å². The summed E-state index contributed by atoms with van der Waals surface area (Å²) in [4.78, 5) is 25.4. The molecule has 0 aliphatic heterocycles. The van der Waals surface area contributed by atoms with Gasteiger partial charge in [-0.05, 0) is 54.5 Å². The van der Waals surface area contributed by atoms with Crippen molar-refractivity contribution in [1.29, 1.82) is 0 Å². The molecule has 0 saturated carbocycles. The van der Waals surface area contributed by atoms with Crippen molar-refractivity contribution in [2.45, 2.75) is 51.4 Å². The fourth-order valence-corrected chi connectivity index (χ4v) is 3.62. The smallest absolute Gasteiger partial charge is 0.242 e. The van der Waals surface area contributed by atoms with E-state index in [1.165, 1.54) is 0 Å². The van der Waals surface area contributed by atoms with Crippen molar-refractivity contribution in [1.82, 2.24) is 10.6 Å². The quantitative estimate of drug-likeness (QED) is 0.373. The number of benzene rings is 3. The number of nitrogens with one attached hydrogen (secondary N) is 2. The molecule has 5 N–H and O–H groups in total. The first-order chi connectivity index (χ1) is 16.3. The summed E-state index contributed by atoms with van der Waals surface area (Å²) in [6.45, 7) is 3.55. The average molecular weight is 460 g/mol. The van der Waals surface area contributed by atoms with Gasteiger partial charge in [0.2, 0.25) is 11.8 Å². The van der Waals surface area contributed by atoms with Gasteiger partial charge in [0.15, 0.2) is 0 Å². The van der Waals surface area contributed by atoms with Crippen LogP contribution < -0.4 is 16.4 Å². The fourth-order valence-electron chi connectivity index (χ4n) is 3.62.